The fraction of sp³-hybridized carbons (Fsp3) is 0.429. The zero-order valence-corrected chi connectivity index (χ0v) is 11.9. The molecule has 0 fully saturated rings. The Morgan fingerprint density at radius 3 is 2.70 bits per heavy atom. The summed E-state index contributed by atoms with van der Waals surface area (Å²) >= 11 is 5.83. The van der Waals surface area contributed by atoms with Gasteiger partial charge < -0.3 is 10.4 Å². The summed E-state index contributed by atoms with van der Waals surface area (Å²) in [5, 5.41) is 11.5. The Hall–Kier alpha value is -1.62. The van der Waals surface area contributed by atoms with Crippen LogP contribution in [-0.2, 0) is 16.0 Å². The molecule has 20 heavy (non-hydrogen) atoms. The molecule has 0 aliphatic rings. The van der Waals surface area contributed by atoms with E-state index in [0.29, 0.717) is 6.42 Å². The molecule has 1 aromatic rings. The minimum atomic E-state index is -0.900. The molecule has 0 aliphatic heterocycles. The Kier molecular flexibility index (Phi) is 6.45. The van der Waals surface area contributed by atoms with E-state index >= 15 is 0 Å². The molecule has 2 N–H and O–H groups in total. The van der Waals surface area contributed by atoms with Crippen LogP contribution in [0, 0.1) is 11.7 Å². The molecule has 1 unspecified atom stereocenters. The summed E-state index contributed by atoms with van der Waals surface area (Å²) in [5.74, 6) is -1.93. The average molecular weight is 302 g/mol. The van der Waals surface area contributed by atoms with Crippen molar-refractivity contribution in [1.29, 1.82) is 0 Å². The van der Waals surface area contributed by atoms with Gasteiger partial charge in [-0.05, 0) is 18.1 Å². The first-order chi connectivity index (χ1) is 9.43. The second kappa shape index (κ2) is 7.85. The smallest absolute Gasteiger partial charge is 0.303 e. The van der Waals surface area contributed by atoms with Crippen molar-refractivity contribution in [2.75, 3.05) is 6.54 Å². The molecule has 1 amide bonds. The van der Waals surface area contributed by atoms with Crippen molar-refractivity contribution in [2.24, 2.45) is 5.92 Å². The number of halogens is 2. The number of hydrogen-bond acceptors (Lipinski definition) is 2. The standard InChI is InChI=1S/C14H17ClFNO3/c1-2-9(6-14(19)20)8-17-13(18)7-10-11(15)4-3-5-12(10)16/h3-5,9H,2,6-8H2,1H3,(H,17,18)(H,19,20). The van der Waals surface area contributed by atoms with Gasteiger partial charge in [0.2, 0.25) is 5.91 Å². The molecule has 0 aliphatic carbocycles. The number of nitrogens with one attached hydrogen (secondary N) is 1. The average Bonchev–Trinajstić information content (AvgIpc) is 2.38. The number of benzene rings is 1. The largest absolute Gasteiger partial charge is 0.481 e. The fourth-order valence-corrected chi connectivity index (χ4v) is 2.02. The number of carbonyl (C=O) groups excluding carboxylic acids is 1. The number of carboxylic acids is 1. The van der Waals surface area contributed by atoms with Crippen LogP contribution in [0.1, 0.15) is 25.3 Å². The molecule has 1 rings (SSSR count). The molecule has 0 heterocycles. The summed E-state index contributed by atoms with van der Waals surface area (Å²) in [4.78, 5) is 22.4. The number of carbonyl (C=O) groups is 2. The number of carboxylic acid groups (broad SMARTS) is 1. The van der Waals surface area contributed by atoms with Crippen LogP contribution >= 0.6 is 11.6 Å². The maximum Gasteiger partial charge on any atom is 0.303 e. The first-order valence-corrected chi connectivity index (χ1v) is 6.73. The van der Waals surface area contributed by atoms with E-state index in [1.807, 2.05) is 6.92 Å². The van der Waals surface area contributed by atoms with Gasteiger partial charge in [0.1, 0.15) is 5.82 Å². The van der Waals surface area contributed by atoms with Crippen molar-refractivity contribution in [3.8, 4) is 0 Å². The minimum absolute atomic E-state index is 0.00274. The van der Waals surface area contributed by atoms with Crippen LogP contribution in [0.2, 0.25) is 5.02 Å². The second-order valence-electron chi connectivity index (χ2n) is 4.55. The van der Waals surface area contributed by atoms with Gasteiger partial charge in [-0.2, -0.15) is 0 Å². The van der Waals surface area contributed by atoms with E-state index in [1.165, 1.54) is 18.2 Å². The summed E-state index contributed by atoms with van der Waals surface area (Å²) in [6.45, 7) is 2.11. The highest BCUT2D eigenvalue weighted by atomic mass is 35.5. The van der Waals surface area contributed by atoms with E-state index in [4.69, 9.17) is 16.7 Å². The Morgan fingerprint density at radius 1 is 1.45 bits per heavy atom. The Morgan fingerprint density at radius 2 is 2.15 bits per heavy atom. The second-order valence-corrected chi connectivity index (χ2v) is 4.96. The molecular weight excluding hydrogens is 285 g/mol. The van der Waals surface area contributed by atoms with E-state index in [2.05, 4.69) is 5.32 Å². The van der Waals surface area contributed by atoms with Gasteiger partial charge >= 0.3 is 5.97 Å². The third-order valence-electron chi connectivity index (χ3n) is 3.03. The van der Waals surface area contributed by atoms with Crippen LogP contribution in [-0.4, -0.2) is 23.5 Å². The van der Waals surface area contributed by atoms with E-state index < -0.39 is 11.8 Å². The number of rotatable bonds is 7. The molecule has 0 aromatic heterocycles. The first kappa shape index (κ1) is 16.4. The highest BCUT2D eigenvalue weighted by molar-refractivity contribution is 6.31. The van der Waals surface area contributed by atoms with Crippen LogP contribution in [0.15, 0.2) is 18.2 Å². The van der Waals surface area contributed by atoms with Crippen molar-refractivity contribution in [3.63, 3.8) is 0 Å². The van der Waals surface area contributed by atoms with Gasteiger partial charge in [-0.15, -0.1) is 0 Å². The van der Waals surface area contributed by atoms with Gasteiger partial charge in [0.15, 0.2) is 0 Å². The lowest BCUT2D eigenvalue weighted by molar-refractivity contribution is -0.138. The molecule has 6 heteroatoms. The van der Waals surface area contributed by atoms with Crippen LogP contribution in [0.4, 0.5) is 4.39 Å². The van der Waals surface area contributed by atoms with E-state index in [0.717, 1.165) is 0 Å². The lowest BCUT2D eigenvalue weighted by atomic mass is 10.0. The molecule has 1 aromatic carbocycles. The Bertz CT molecular complexity index is 473. The van der Waals surface area contributed by atoms with Crippen LogP contribution < -0.4 is 5.32 Å². The van der Waals surface area contributed by atoms with Crippen LogP contribution in [0.25, 0.3) is 0 Å². The van der Waals surface area contributed by atoms with Gasteiger partial charge in [-0.1, -0.05) is 31.0 Å². The van der Waals surface area contributed by atoms with Crippen LogP contribution in [0.3, 0.4) is 0 Å². The van der Waals surface area contributed by atoms with Gasteiger partial charge in [-0.3, -0.25) is 9.59 Å². The highest BCUT2D eigenvalue weighted by Gasteiger charge is 2.15. The monoisotopic (exact) mass is 301 g/mol. The van der Waals surface area contributed by atoms with Crippen molar-refractivity contribution < 1.29 is 19.1 Å². The van der Waals surface area contributed by atoms with Crippen LogP contribution in [0.5, 0.6) is 0 Å². The fourth-order valence-electron chi connectivity index (χ4n) is 1.79. The van der Waals surface area contributed by atoms with Crippen molar-refractivity contribution in [3.05, 3.63) is 34.6 Å². The third kappa shape index (κ3) is 5.17. The molecule has 0 radical (unpaired) electrons. The number of amides is 1. The maximum atomic E-state index is 13.5. The summed E-state index contributed by atoms with van der Waals surface area (Å²) in [6.07, 6.45) is 0.485. The highest BCUT2D eigenvalue weighted by Crippen LogP contribution is 2.19. The first-order valence-electron chi connectivity index (χ1n) is 6.35. The zero-order chi connectivity index (χ0) is 15.1. The summed E-state index contributed by atoms with van der Waals surface area (Å²) in [5.41, 5.74) is 0.151. The Balaban J connectivity index is 2.53. The predicted octanol–water partition coefficient (Wildman–Crippen LogP) is 2.64. The molecule has 0 bridgehead atoms. The van der Waals surface area contributed by atoms with E-state index in [9.17, 15) is 14.0 Å². The van der Waals surface area contributed by atoms with Crippen molar-refractivity contribution >= 4 is 23.5 Å². The molecule has 0 saturated heterocycles. The lowest BCUT2D eigenvalue weighted by Crippen LogP contribution is -2.31. The minimum Gasteiger partial charge on any atom is -0.481 e. The van der Waals surface area contributed by atoms with Crippen molar-refractivity contribution in [1.82, 2.24) is 5.32 Å². The normalized spacial score (nSPS) is 11.9. The van der Waals surface area contributed by atoms with E-state index in [-0.39, 0.29) is 41.8 Å². The van der Waals surface area contributed by atoms with E-state index in [1.54, 1.807) is 0 Å². The predicted molar refractivity (Wildman–Crippen MR) is 74.2 cm³/mol. The molecule has 110 valence electrons. The van der Waals surface area contributed by atoms with Gasteiger partial charge in [-0.25, -0.2) is 4.39 Å². The SMILES string of the molecule is CCC(CNC(=O)Cc1c(F)cccc1Cl)CC(=O)O. The molecule has 0 spiro atoms. The molecule has 0 saturated carbocycles. The zero-order valence-electron chi connectivity index (χ0n) is 11.2. The Labute approximate surface area is 121 Å². The molecule has 4 nitrogen and oxygen atoms in total. The molecule has 1 atom stereocenters. The quantitative estimate of drug-likeness (QED) is 0.813. The van der Waals surface area contributed by atoms with Gasteiger partial charge in [0, 0.05) is 23.6 Å². The topological polar surface area (TPSA) is 66.4 Å². The number of aliphatic carboxylic acids is 1. The van der Waals surface area contributed by atoms with Gasteiger partial charge in [0.05, 0.1) is 6.42 Å². The summed E-state index contributed by atoms with van der Waals surface area (Å²) in [6, 6.07) is 4.24. The third-order valence-corrected chi connectivity index (χ3v) is 3.38. The summed E-state index contributed by atoms with van der Waals surface area (Å²) in [7, 11) is 0. The summed E-state index contributed by atoms with van der Waals surface area (Å²) < 4.78 is 13.5. The van der Waals surface area contributed by atoms with Gasteiger partial charge in [0.25, 0.3) is 0 Å². The number of hydrogen-bond donors (Lipinski definition) is 2. The maximum absolute atomic E-state index is 13.5. The lowest BCUT2D eigenvalue weighted by Gasteiger charge is -2.13. The van der Waals surface area contributed by atoms with Crippen molar-refractivity contribution in [2.45, 2.75) is 26.2 Å². The molecular formula is C14H17ClFNO3.